The first-order valence-electron chi connectivity index (χ1n) is 5.97. The molecule has 1 aliphatic rings. The van der Waals surface area contributed by atoms with E-state index in [1.165, 1.54) is 12.1 Å². The normalized spacial score (nSPS) is 15.7. The summed E-state index contributed by atoms with van der Waals surface area (Å²) >= 11 is 3.24. The van der Waals surface area contributed by atoms with E-state index in [0.29, 0.717) is 16.7 Å². The smallest absolute Gasteiger partial charge is 0.335 e. The van der Waals surface area contributed by atoms with Gasteiger partial charge in [-0.15, -0.1) is 0 Å². The third-order valence-electron chi connectivity index (χ3n) is 3.24. The molecule has 102 valence electrons. The van der Waals surface area contributed by atoms with E-state index in [1.54, 1.807) is 6.07 Å². The van der Waals surface area contributed by atoms with E-state index in [1.807, 2.05) is 0 Å². The van der Waals surface area contributed by atoms with E-state index >= 15 is 0 Å². The van der Waals surface area contributed by atoms with Crippen LogP contribution >= 0.6 is 15.9 Å². The first kappa shape index (κ1) is 13.9. The van der Waals surface area contributed by atoms with Gasteiger partial charge in [0, 0.05) is 11.0 Å². The number of carbonyl (C=O) groups is 2. The number of aromatic carboxylic acids is 1. The zero-order valence-electron chi connectivity index (χ0n) is 10.5. The number of rotatable bonds is 4. The van der Waals surface area contributed by atoms with Crippen molar-refractivity contribution in [3.63, 3.8) is 0 Å². The minimum absolute atomic E-state index is 0.170. The number of urea groups is 1. The van der Waals surface area contributed by atoms with Gasteiger partial charge in [-0.25, -0.2) is 9.59 Å². The fourth-order valence-electron chi connectivity index (χ4n) is 1.60. The molecule has 0 heterocycles. The van der Waals surface area contributed by atoms with Crippen molar-refractivity contribution >= 4 is 33.6 Å². The van der Waals surface area contributed by atoms with E-state index in [4.69, 9.17) is 5.11 Å². The minimum Gasteiger partial charge on any atom is -0.478 e. The van der Waals surface area contributed by atoms with Gasteiger partial charge in [-0.1, -0.05) is 6.92 Å². The van der Waals surface area contributed by atoms with Crippen molar-refractivity contribution in [3.8, 4) is 0 Å². The molecule has 0 saturated heterocycles. The standard InChI is InChI=1S/C13H15BrN2O3/c1-13(4-5-13)7-15-12(19)16-10-3-2-8(11(17)18)6-9(10)14/h2-3,6H,4-5,7H2,1H3,(H,17,18)(H2,15,16,19). The summed E-state index contributed by atoms with van der Waals surface area (Å²) in [5, 5.41) is 14.3. The highest BCUT2D eigenvalue weighted by Gasteiger charge is 2.37. The minimum atomic E-state index is -1.00. The fourth-order valence-corrected chi connectivity index (χ4v) is 2.08. The Morgan fingerprint density at radius 3 is 2.63 bits per heavy atom. The van der Waals surface area contributed by atoms with Gasteiger partial charge in [0.2, 0.25) is 0 Å². The van der Waals surface area contributed by atoms with Gasteiger partial charge in [0.05, 0.1) is 11.3 Å². The molecular weight excluding hydrogens is 312 g/mol. The van der Waals surface area contributed by atoms with Crippen LogP contribution in [0.2, 0.25) is 0 Å². The molecule has 0 bridgehead atoms. The molecule has 1 aliphatic carbocycles. The Morgan fingerprint density at radius 2 is 2.11 bits per heavy atom. The van der Waals surface area contributed by atoms with Crippen LogP contribution in [0.4, 0.5) is 10.5 Å². The van der Waals surface area contributed by atoms with Gasteiger partial charge in [-0.2, -0.15) is 0 Å². The molecule has 5 nitrogen and oxygen atoms in total. The molecule has 0 spiro atoms. The van der Waals surface area contributed by atoms with Gasteiger partial charge in [-0.05, 0) is 52.4 Å². The molecule has 1 fully saturated rings. The summed E-state index contributed by atoms with van der Waals surface area (Å²) in [5.74, 6) is -1.00. The molecule has 0 aliphatic heterocycles. The van der Waals surface area contributed by atoms with E-state index in [9.17, 15) is 9.59 Å². The van der Waals surface area contributed by atoms with Crippen LogP contribution in [0.5, 0.6) is 0 Å². The van der Waals surface area contributed by atoms with Crippen molar-refractivity contribution in [2.24, 2.45) is 5.41 Å². The molecule has 19 heavy (non-hydrogen) atoms. The van der Waals surface area contributed by atoms with Gasteiger partial charge in [0.15, 0.2) is 0 Å². The molecule has 0 unspecified atom stereocenters. The second kappa shape index (κ2) is 5.21. The van der Waals surface area contributed by atoms with Crippen LogP contribution in [0.3, 0.4) is 0 Å². The number of carboxylic acids is 1. The number of hydrogen-bond acceptors (Lipinski definition) is 2. The van der Waals surface area contributed by atoms with Crippen LogP contribution in [0, 0.1) is 5.41 Å². The van der Waals surface area contributed by atoms with E-state index < -0.39 is 5.97 Å². The quantitative estimate of drug-likeness (QED) is 0.795. The van der Waals surface area contributed by atoms with Gasteiger partial charge < -0.3 is 15.7 Å². The molecule has 3 N–H and O–H groups in total. The van der Waals surface area contributed by atoms with Crippen LogP contribution in [-0.4, -0.2) is 23.7 Å². The molecule has 1 saturated carbocycles. The Balaban J connectivity index is 1.94. The molecule has 0 aromatic heterocycles. The molecule has 1 aromatic rings. The molecule has 1 aromatic carbocycles. The predicted molar refractivity (Wildman–Crippen MR) is 75.5 cm³/mol. The van der Waals surface area contributed by atoms with Gasteiger partial charge in [0.25, 0.3) is 0 Å². The van der Waals surface area contributed by atoms with Crippen molar-refractivity contribution in [3.05, 3.63) is 28.2 Å². The zero-order valence-corrected chi connectivity index (χ0v) is 12.1. The lowest BCUT2D eigenvalue weighted by Crippen LogP contribution is -2.33. The summed E-state index contributed by atoms with van der Waals surface area (Å²) in [6, 6.07) is 4.19. The summed E-state index contributed by atoms with van der Waals surface area (Å²) in [5.41, 5.74) is 0.966. The topological polar surface area (TPSA) is 78.4 Å². The maximum absolute atomic E-state index is 11.7. The number of halogens is 1. The highest BCUT2D eigenvalue weighted by Crippen LogP contribution is 2.44. The third kappa shape index (κ3) is 3.70. The van der Waals surface area contributed by atoms with Crippen LogP contribution in [-0.2, 0) is 0 Å². The monoisotopic (exact) mass is 326 g/mol. The number of amides is 2. The molecule has 6 heteroatoms. The fraction of sp³-hybridized carbons (Fsp3) is 0.385. The number of carbonyl (C=O) groups excluding carboxylic acids is 1. The van der Waals surface area contributed by atoms with E-state index in [2.05, 4.69) is 33.5 Å². The summed E-state index contributed by atoms with van der Waals surface area (Å²) in [7, 11) is 0. The van der Waals surface area contributed by atoms with Crippen LogP contribution in [0.25, 0.3) is 0 Å². The van der Waals surface area contributed by atoms with Crippen molar-refractivity contribution in [1.82, 2.24) is 5.32 Å². The predicted octanol–water partition coefficient (Wildman–Crippen LogP) is 3.07. The lowest BCUT2D eigenvalue weighted by Gasteiger charge is -2.12. The first-order chi connectivity index (χ1) is 8.89. The van der Waals surface area contributed by atoms with E-state index in [-0.39, 0.29) is 17.0 Å². The summed E-state index contributed by atoms with van der Waals surface area (Å²) in [6.07, 6.45) is 2.29. The Labute approximate surface area is 119 Å². The first-order valence-corrected chi connectivity index (χ1v) is 6.77. The Kier molecular flexibility index (Phi) is 3.80. The maximum atomic E-state index is 11.7. The molecule has 0 radical (unpaired) electrons. The lowest BCUT2D eigenvalue weighted by molar-refractivity contribution is 0.0697. The number of benzene rings is 1. The van der Waals surface area contributed by atoms with Crippen LogP contribution in [0.15, 0.2) is 22.7 Å². The molecule has 0 atom stereocenters. The Hall–Kier alpha value is -1.56. The average Bonchev–Trinajstić information content (AvgIpc) is 3.08. The zero-order chi connectivity index (χ0) is 14.0. The Bertz CT molecular complexity index is 527. The van der Waals surface area contributed by atoms with Crippen LogP contribution < -0.4 is 10.6 Å². The lowest BCUT2D eigenvalue weighted by atomic mass is 10.1. The molecule has 2 amide bonds. The summed E-state index contributed by atoms with van der Waals surface area (Å²) in [6.45, 7) is 2.79. The SMILES string of the molecule is CC1(CNC(=O)Nc2ccc(C(=O)O)cc2Br)CC1. The summed E-state index contributed by atoms with van der Waals surface area (Å²) in [4.78, 5) is 22.5. The second-order valence-electron chi connectivity index (χ2n) is 5.12. The largest absolute Gasteiger partial charge is 0.478 e. The Morgan fingerprint density at radius 1 is 1.42 bits per heavy atom. The highest BCUT2D eigenvalue weighted by molar-refractivity contribution is 9.10. The van der Waals surface area contributed by atoms with Crippen molar-refractivity contribution in [1.29, 1.82) is 0 Å². The molecular formula is C13H15BrN2O3. The number of nitrogens with one attached hydrogen (secondary N) is 2. The average molecular weight is 327 g/mol. The van der Waals surface area contributed by atoms with Gasteiger partial charge in [-0.3, -0.25) is 0 Å². The maximum Gasteiger partial charge on any atom is 0.335 e. The molecule has 2 rings (SSSR count). The van der Waals surface area contributed by atoms with Crippen molar-refractivity contribution in [2.45, 2.75) is 19.8 Å². The second-order valence-corrected chi connectivity index (χ2v) is 5.97. The summed E-state index contributed by atoms with van der Waals surface area (Å²) < 4.78 is 0.542. The number of anilines is 1. The van der Waals surface area contributed by atoms with Gasteiger partial charge in [0.1, 0.15) is 0 Å². The van der Waals surface area contributed by atoms with Crippen molar-refractivity contribution < 1.29 is 14.7 Å². The van der Waals surface area contributed by atoms with Crippen molar-refractivity contribution in [2.75, 3.05) is 11.9 Å². The van der Waals surface area contributed by atoms with E-state index in [0.717, 1.165) is 12.8 Å². The highest BCUT2D eigenvalue weighted by atomic mass is 79.9. The number of carboxylic acid groups (broad SMARTS) is 1. The van der Waals surface area contributed by atoms with Crippen LogP contribution in [0.1, 0.15) is 30.1 Å². The third-order valence-corrected chi connectivity index (χ3v) is 3.90. The van der Waals surface area contributed by atoms with Gasteiger partial charge >= 0.3 is 12.0 Å². The number of hydrogen-bond donors (Lipinski definition) is 3.